The quantitative estimate of drug-likeness (QED) is 0.861. The monoisotopic (exact) mass is 316 g/mol. The van der Waals surface area contributed by atoms with Gasteiger partial charge in [-0.2, -0.15) is 0 Å². The summed E-state index contributed by atoms with van der Waals surface area (Å²) >= 11 is 5.91. The van der Waals surface area contributed by atoms with Gasteiger partial charge in [-0.05, 0) is 43.7 Å². The fourth-order valence-corrected chi connectivity index (χ4v) is 2.64. The molecule has 4 nitrogen and oxygen atoms in total. The molecule has 2 aromatic carbocycles. The third-order valence-corrected chi connectivity index (χ3v) is 3.91. The maximum absolute atomic E-state index is 12.7. The number of nitrogens with zero attached hydrogens (tertiary/aromatic N) is 1. The number of nitrogens with two attached hydrogens (primary N) is 1. The molecule has 1 amide bonds. The normalized spacial score (nSPS) is 16.1. The highest BCUT2D eigenvalue weighted by molar-refractivity contribution is 6.30. The average Bonchev–Trinajstić information content (AvgIpc) is 2.45. The van der Waals surface area contributed by atoms with Crippen molar-refractivity contribution < 1.29 is 9.53 Å². The maximum atomic E-state index is 12.7. The van der Waals surface area contributed by atoms with Gasteiger partial charge in [0.05, 0.1) is 12.2 Å². The molecule has 0 saturated heterocycles. The van der Waals surface area contributed by atoms with Crippen LogP contribution in [0, 0.1) is 0 Å². The number of rotatable bonds is 2. The van der Waals surface area contributed by atoms with Crippen molar-refractivity contribution in [3.05, 3.63) is 53.1 Å². The van der Waals surface area contributed by atoms with Crippen molar-refractivity contribution in [3.8, 4) is 5.75 Å². The smallest absolute Gasteiger partial charge is 0.271 e. The predicted molar refractivity (Wildman–Crippen MR) is 88.2 cm³/mol. The van der Waals surface area contributed by atoms with Crippen molar-refractivity contribution in [2.45, 2.75) is 26.0 Å². The summed E-state index contributed by atoms with van der Waals surface area (Å²) in [5, 5.41) is 0.672. The topological polar surface area (TPSA) is 55.6 Å². The van der Waals surface area contributed by atoms with Gasteiger partial charge in [-0.1, -0.05) is 23.7 Å². The molecule has 0 spiro atoms. The van der Waals surface area contributed by atoms with Crippen LogP contribution in [-0.4, -0.2) is 11.5 Å². The summed E-state index contributed by atoms with van der Waals surface area (Å²) in [5.41, 5.74) is 7.23. The van der Waals surface area contributed by atoms with Gasteiger partial charge in [-0.25, -0.2) is 0 Å². The minimum absolute atomic E-state index is 0.0836. The van der Waals surface area contributed by atoms with Crippen LogP contribution in [0.5, 0.6) is 5.75 Å². The highest BCUT2D eigenvalue weighted by Gasteiger charge is 2.40. The first-order chi connectivity index (χ1) is 10.4. The fraction of sp³-hybridized carbons (Fsp3) is 0.235. The lowest BCUT2D eigenvalue weighted by Gasteiger charge is -2.39. The second-order valence-corrected chi connectivity index (χ2v) is 6.29. The summed E-state index contributed by atoms with van der Waals surface area (Å²) < 4.78 is 5.81. The first kappa shape index (κ1) is 14.7. The van der Waals surface area contributed by atoms with Crippen LogP contribution >= 0.6 is 11.6 Å². The summed E-state index contributed by atoms with van der Waals surface area (Å²) in [5.74, 6) is 0.540. The van der Waals surface area contributed by atoms with E-state index in [-0.39, 0.29) is 5.91 Å². The van der Waals surface area contributed by atoms with Crippen LogP contribution in [0.4, 0.5) is 11.4 Å². The second kappa shape index (κ2) is 5.21. The van der Waals surface area contributed by atoms with Crippen LogP contribution in [0.15, 0.2) is 42.5 Å². The van der Waals surface area contributed by atoms with Crippen LogP contribution in [0.1, 0.15) is 19.4 Å². The molecule has 0 radical (unpaired) electrons. The van der Waals surface area contributed by atoms with E-state index in [4.69, 9.17) is 22.1 Å². The fourth-order valence-electron chi connectivity index (χ4n) is 2.52. The minimum Gasteiger partial charge on any atom is -0.476 e. The van der Waals surface area contributed by atoms with Crippen molar-refractivity contribution in [3.63, 3.8) is 0 Å². The Labute approximate surface area is 134 Å². The Balaban J connectivity index is 2.01. The van der Waals surface area contributed by atoms with Crippen LogP contribution in [0.3, 0.4) is 0 Å². The van der Waals surface area contributed by atoms with E-state index in [2.05, 4.69) is 0 Å². The highest BCUT2D eigenvalue weighted by Crippen LogP contribution is 2.39. The first-order valence-corrected chi connectivity index (χ1v) is 7.39. The molecule has 0 fully saturated rings. The molecule has 0 saturated carbocycles. The molecule has 3 rings (SSSR count). The zero-order valence-electron chi connectivity index (χ0n) is 12.5. The molecule has 114 valence electrons. The third kappa shape index (κ3) is 2.62. The van der Waals surface area contributed by atoms with Gasteiger partial charge in [-0.15, -0.1) is 0 Å². The molecule has 2 N–H and O–H groups in total. The molecule has 2 aromatic rings. The molecule has 5 heteroatoms. The molecule has 1 aliphatic rings. The van der Waals surface area contributed by atoms with Gasteiger partial charge in [0.25, 0.3) is 5.91 Å². The van der Waals surface area contributed by atoms with E-state index in [0.717, 1.165) is 11.3 Å². The van der Waals surface area contributed by atoms with Crippen LogP contribution in [0.2, 0.25) is 5.02 Å². The van der Waals surface area contributed by atoms with Crippen LogP contribution < -0.4 is 15.4 Å². The van der Waals surface area contributed by atoms with E-state index in [1.807, 2.05) is 30.3 Å². The Kier molecular flexibility index (Phi) is 3.49. The molecule has 1 aliphatic heterocycles. The molecule has 0 bridgehead atoms. The Morgan fingerprint density at radius 1 is 1.18 bits per heavy atom. The molecule has 1 heterocycles. The van der Waals surface area contributed by atoms with Crippen LogP contribution in [0.25, 0.3) is 0 Å². The number of hydrogen-bond acceptors (Lipinski definition) is 3. The van der Waals surface area contributed by atoms with Gasteiger partial charge < -0.3 is 15.4 Å². The van der Waals surface area contributed by atoms with Gasteiger partial charge in [0.1, 0.15) is 5.75 Å². The predicted octanol–water partition coefficient (Wildman–Crippen LogP) is 3.63. The van der Waals surface area contributed by atoms with Crippen molar-refractivity contribution in [2.75, 3.05) is 10.6 Å². The number of nitrogen functional groups attached to an aromatic ring is 1. The van der Waals surface area contributed by atoms with Crippen molar-refractivity contribution >= 4 is 28.9 Å². The zero-order valence-corrected chi connectivity index (χ0v) is 13.2. The van der Waals surface area contributed by atoms with Gasteiger partial charge in [-0.3, -0.25) is 4.79 Å². The molecule has 0 aromatic heterocycles. The summed E-state index contributed by atoms with van der Waals surface area (Å²) in [4.78, 5) is 14.4. The third-order valence-electron chi connectivity index (χ3n) is 3.65. The molecule has 0 aliphatic carbocycles. The van der Waals surface area contributed by atoms with E-state index in [0.29, 0.717) is 23.0 Å². The van der Waals surface area contributed by atoms with Gasteiger partial charge in [0.2, 0.25) is 0 Å². The average molecular weight is 317 g/mol. The zero-order chi connectivity index (χ0) is 15.9. The van der Waals surface area contributed by atoms with Gasteiger partial charge in [0.15, 0.2) is 5.60 Å². The van der Waals surface area contributed by atoms with E-state index < -0.39 is 5.60 Å². The maximum Gasteiger partial charge on any atom is 0.271 e. The second-order valence-electron chi connectivity index (χ2n) is 5.86. The Hall–Kier alpha value is -2.20. The SMILES string of the molecule is CC1(C)Oc2cc(N)ccc2N(Cc2ccc(Cl)cc2)C1=O. The number of amides is 1. The number of anilines is 2. The summed E-state index contributed by atoms with van der Waals surface area (Å²) in [7, 11) is 0. The summed E-state index contributed by atoms with van der Waals surface area (Å²) in [6, 6.07) is 12.8. The van der Waals surface area contributed by atoms with E-state index in [1.165, 1.54) is 0 Å². The summed E-state index contributed by atoms with van der Waals surface area (Å²) in [6.07, 6.45) is 0. The highest BCUT2D eigenvalue weighted by atomic mass is 35.5. The van der Waals surface area contributed by atoms with Crippen molar-refractivity contribution in [2.24, 2.45) is 0 Å². The van der Waals surface area contributed by atoms with Gasteiger partial charge in [0, 0.05) is 16.8 Å². The van der Waals surface area contributed by atoms with E-state index in [9.17, 15) is 4.79 Å². The minimum atomic E-state index is -0.923. The number of carbonyl (C=O) groups is 1. The van der Waals surface area contributed by atoms with E-state index in [1.54, 1.807) is 30.9 Å². The summed E-state index contributed by atoms with van der Waals surface area (Å²) in [6.45, 7) is 3.98. The Bertz CT molecular complexity index is 726. The lowest BCUT2D eigenvalue weighted by molar-refractivity contribution is -0.132. The number of carbonyl (C=O) groups excluding carboxylic acids is 1. The number of hydrogen-bond donors (Lipinski definition) is 1. The van der Waals surface area contributed by atoms with Gasteiger partial charge >= 0.3 is 0 Å². The molecule has 0 atom stereocenters. The molecule has 22 heavy (non-hydrogen) atoms. The molecule has 0 unspecified atom stereocenters. The van der Waals surface area contributed by atoms with E-state index >= 15 is 0 Å². The Morgan fingerprint density at radius 2 is 1.86 bits per heavy atom. The van der Waals surface area contributed by atoms with Crippen molar-refractivity contribution in [1.82, 2.24) is 0 Å². The first-order valence-electron chi connectivity index (χ1n) is 7.02. The molecular weight excluding hydrogens is 300 g/mol. The lowest BCUT2D eigenvalue weighted by Crippen LogP contribution is -2.52. The Morgan fingerprint density at radius 3 is 2.55 bits per heavy atom. The molecular formula is C17H17ClN2O2. The van der Waals surface area contributed by atoms with Crippen molar-refractivity contribution in [1.29, 1.82) is 0 Å². The number of fused-ring (bicyclic) bond motifs is 1. The number of halogens is 1. The number of ether oxygens (including phenoxy) is 1. The number of benzene rings is 2. The van der Waals surface area contributed by atoms with Crippen LogP contribution in [-0.2, 0) is 11.3 Å². The standard InChI is InChI=1S/C17H17ClN2O2/c1-17(2)16(21)20(10-11-3-5-12(18)6-4-11)14-8-7-13(19)9-15(14)22-17/h3-9H,10,19H2,1-2H3. The largest absolute Gasteiger partial charge is 0.476 e. The lowest BCUT2D eigenvalue weighted by atomic mass is 10.0.